The first kappa shape index (κ1) is 18.7. The van der Waals surface area contributed by atoms with Gasteiger partial charge in [0.1, 0.15) is 18.3 Å². The molecule has 1 saturated heterocycles. The quantitative estimate of drug-likeness (QED) is 0.427. The van der Waals surface area contributed by atoms with Crippen LogP contribution < -0.4 is 0 Å². The second kappa shape index (κ2) is 6.20. The van der Waals surface area contributed by atoms with E-state index in [1.807, 2.05) is 0 Å². The standard InChI is InChI=1S/C22H30O5/c1-14-10-18(27-15(2)23)21(4)17(6-5-8-22(21)13-26-22)20(14,3)9-7-16-11-19(24)25-12-16/h5,8,11,14,17-18H,6-7,9-10,12-13H2,1-4H3/t14-,17-,18+,20+,21+,22+/m1/s1. The number of hydrogen-bond donors (Lipinski definition) is 0. The molecule has 0 aromatic rings. The summed E-state index contributed by atoms with van der Waals surface area (Å²) < 4.78 is 16.9. The van der Waals surface area contributed by atoms with Crippen molar-refractivity contribution in [2.45, 2.75) is 65.1 Å². The predicted octanol–water partition coefficient (Wildman–Crippen LogP) is 3.58. The van der Waals surface area contributed by atoms with Crippen molar-refractivity contribution in [3.8, 4) is 0 Å². The summed E-state index contributed by atoms with van der Waals surface area (Å²) in [5, 5.41) is 0. The Labute approximate surface area is 161 Å². The molecule has 2 aliphatic carbocycles. The maximum absolute atomic E-state index is 11.8. The molecule has 2 fully saturated rings. The summed E-state index contributed by atoms with van der Waals surface area (Å²) in [6, 6.07) is 0. The smallest absolute Gasteiger partial charge is 0.331 e. The molecule has 1 spiro atoms. The molecule has 2 aliphatic heterocycles. The maximum Gasteiger partial charge on any atom is 0.331 e. The average Bonchev–Trinajstić information content (AvgIpc) is 3.27. The van der Waals surface area contributed by atoms with E-state index in [0.29, 0.717) is 25.0 Å². The summed E-state index contributed by atoms with van der Waals surface area (Å²) >= 11 is 0. The van der Waals surface area contributed by atoms with Gasteiger partial charge in [-0.05, 0) is 48.5 Å². The molecule has 4 aliphatic rings. The largest absolute Gasteiger partial charge is 0.462 e. The van der Waals surface area contributed by atoms with Crippen molar-refractivity contribution in [3.05, 3.63) is 23.8 Å². The molecule has 0 aromatic carbocycles. The summed E-state index contributed by atoms with van der Waals surface area (Å²) in [6.07, 6.45) is 9.63. The highest BCUT2D eigenvalue weighted by Gasteiger charge is 2.71. The Kier molecular flexibility index (Phi) is 4.30. The minimum Gasteiger partial charge on any atom is -0.462 e. The highest BCUT2D eigenvalue weighted by Crippen LogP contribution is 2.67. The first-order valence-corrected chi connectivity index (χ1v) is 10.1. The number of allylic oxidation sites excluding steroid dienone is 1. The second-order valence-corrected chi connectivity index (χ2v) is 9.30. The van der Waals surface area contributed by atoms with Crippen molar-refractivity contribution in [1.82, 2.24) is 0 Å². The minimum absolute atomic E-state index is 0.0710. The van der Waals surface area contributed by atoms with E-state index in [-0.39, 0.29) is 34.5 Å². The van der Waals surface area contributed by atoms with Crippen LogP contribution >= 0.6 is 0 Å². The van der Waals surface area contributed by atoms with Crippen molar-refractivity contribution >= 4 is 11.9 Å². The van der Waals surface area contributed by atoms with Crippen LogP contribution in [0.3, 0.4) is 0 Å². The maximum atomic E-state index is 11.8. The fourth-order valence-corrected chi connectivity index (χ4v) is 6.01. The zero-order valence-electron chi connectivity index (χ0n) is 16.7. The third kappa shape index (κ3) is 2.77. The molecule has 148 valence electrons. The third-order valence-electron chi connectivity index (χ3n) is 8.02. The molecular weight excluding hydrogens is 344 g/mol. The van der Waals surface area contributed by atoms with Gasteiger partial charge in [0.2, 0.25) is 0 Å². The monoisotopic (exact) mass is 374 g/mol. The van der Waals surface area contributed by atoms with Gasteiger partial charge in [0.25, 0.3) is 0 Å². The molecule has 27 heavy (non-hydrogen) atoms. The molecule has 0 N–H and O–H groups in total. The van der Waals surface area contributed by atoms with Crippen LogP contribution in [0.2, 0.25) is 0 Å². The van der Waals surface area contributed by atoms with Crippen LogP contribution in [0.1, 0.15) is 53.4 Å². The van der Waals surface area contributed by atoms with E-state index in [1.165, 1.54) is 6.92 Å². The van der Waals surface area contributed by atoms with Gasteiger partial charge in [-0.15, -0.1) is 0 Å². The molecule has 0 amide bonds. The van der Waals surface area contributed by atoms with Crippen molar-refractivity contribution in [2.24, 2.45) is 22.7 Å². The Morgan fingerprint density at radius 1 is 1.37 bits per heavy atom. The number of esters is 2. The number of cyclic esters (lactones) is 1. The molecule has 6 atom stereocenters. The lowest BCUT2D eigenvalue weighted by Gasteiger charge is -2.61. The number of epoxide rings is 1. The van der Waals surface area contributed by atoms with Gasteiger partial charge in [0, 0.05) is 18.4 Å². The molecule has 1 saturated carbocycles. The second-order valence-electron chi connectivity index (χ2n) is 9.30. The lowest BCUT2D eigenvalue weighted by Crippen LogP contribution is -2.62. The Hall–Kier alpha value is -1.62. The zero-order valence-corrected chi connectivity index (χ0v) is 16.7. The molecule has 0 unspecified atom stereocenters. The van der Waals surface area contributed by atoms with Crippen molar-refractivity contribution < 1.29 is 23.8 Å². The van der Waals surface area contributed by atoms with Crippen LogP contribution in [0.5, 0.6) is 0 Å². The highest BCUT2D eigenvalue weighted by molar-refractivity contribution is 5.85. The molecular formula is C22H30O5. The van der Waals surface area contributed by atoms with Crippen molar-refractivity contribution in [1.29, 1.82) is 0 Å². The van der Waals surface area contributed by atoms with Crippen LogP contribution in [0, 0.1) is 22.7 Å². The molecule has 4 rings (SSSR count). The SMILES string of the molecule is CC(=O)O[C@H]1C[C@@H](C)[C@](C)(CCC2=CC(=O)OC2)[C@H]2CC=C[C@]3(CO3)[C@]12C. The van der Waals surface area contributed by atoms with Crippen LogP contribution in [0.25, 0.3) is 0 Å². The number of fused-ring (bicyclic) bond motifs is 2. The van der Waals surface area contributed by atoms with Crippen molar-refractivity contribution in [3.63, 3.8) is 0 Å². The molecule has 0 bridgehead atoms. The average molecular weight is 374 g/mol. The van der Waals surface area contributed by atoms with E-state index in [4.69, 9.17) is 14.2 Å². The normalized spacial score (nSPS) is 45.3. The lowest BCUT2D eigenvalue weighted by molar-refractivity contribution is -0.192. The van der Waals surface area contributed by atoms with Crippen LogP contribution in [0.15, 0.2) is 23.8 Å². The first-order chi connectivity index (χ1) is 12.7. The Morgan fingerprint density at radius 2 is 2.11 bits per heavy atom. The van der Waals surface area contributed by atoms with E-state index in [2.05, 4.69) is 32.9 Å². The van der Waals surface area contributed by atoms with Gasteiger partial charge in [-0.3, -0.25) is 4.79 Å². The van der Waals surface area contributed by atoms with E-state index in [9.17, 15) is 9.59 Å². The number of ether oxygens (including phenoxy) is 3. The topological polar surface area (TPSA) is 65.1 Å². The van der Waals surface area contributed by atoms with Gasteiger partial charge in [0.05, 0.1) is 6.61 Å². The lowest BCUT2D eigenvalue weighted by atomic mass is 9.44. The summed E-state index contributed by atoms with van der Waals surface area (Å²) in [5.74, 6) is 0.315. The van der Waals surface area contributed by atoms with E-state index in [0.717, 1.165) is 31.3 Å². The van der Waals surface area contributed by atoms with Crippen LogP contribution in [-0.2, 0) is 23.8 Å². The highest BCUT2D eigenvalue weighted by atomic mass is 16.6. The zero-order chi connectivity index (χ0) is 19.4. The van der Waals surface area contributed by atoms with E-state index >= 15 is 0 Å². The molecule has 0 aromatic heterocycles. The van der Waals surface area contributed by atoms with Gasteiger partial charge in [-0.1, -0.05) is 32.9 Å². The van der Waals surface area contributed by atoms with Gasteiger partial charge in [-0.25, -0.2) is 4.79 Å². The summed E-state index contributed by atoms with van der Waals surface area (Å²) in [6.45, 7) is 9.53. The van der Waals surface area contributed by atoms with E-state index < -0.39 is 0 Å². The van der Waals surface area contributed by atoms with Gasteiger partial charge in [0.15, 0.2) is 0 Å². The van der Waals surface area contributed by atoms with Crippen LogP contribution in [0.4, 0.5) is 0 Å². The molecule has 2 heterocycles. The van der Waals surface area contributed by atoms with Gasteiger partial charge >= 0.3 is 11.9 Å². The number of rotatable bonds is 4. The van der Waals surface area contributed by atoms with Crippen molar-refractivity contribution in [2.75, 3.05) is 13.2 Å². The number of hydrogen-bond acceptors (Lipinski definition) is 5. The van der Waals surface area contributed by atoms with Gasteiger partial charge in [-0.2, -0.15) is 0 Å². The molecule has 5 nitrogen and oxygen atoms in total. The summed E-state index contributed by atoms with van der Waals surface area (Å²) in [4.78, 5) is 23.2. The minimum atomic E-state index is -0.302. The third-order valence-corrected chi connectivity index (χ3v) is 8.02. The summed E-state index contributed by atoms with van der Waals surface area (Å²) in [5.41, 5.74) is 0.622. The summed E-state index contributed by atoms with van der Waals surface area (Å²) in [7, 11) is 0. The van der Waals surface area contributed by atoms with E-state index in [1.54, 1.807) is 6.08 Å². The molecule has 0 radical (unpaired) electrons. The predicted molar refractivity (Wildman–Crippen MR) is 99.8 cm³/mol. The fraction of sp³-hybridized carbons (Fsp3) is 0.727. The Morgan fingerprint density at radius 3 is 2.70 bits per heavy atom. The number of carbonyl (C=O) groups excluding carboxylic acids is 2. The Bertz CT molecular complexity index is 718. The van der Waals surface area contributed by atoms with Gasteiger partial charge < -0.3 is 14.2 Å². The first-order valence-electron chi connectivity index (χ1n) is 10.1. The van der Waals surface area contributed by atoms with Crippen LogP contribution in [-0.4, -0.2) is 36.9 Å². The number of carbonyl (C=O) groups is 2. The Balaban J connectivity index is 1.65. The fourth-order valence-electron chi connectivity index (χ4n) is 6.01. The molecule has 5 heteroatoms.